The standard InChI is InChI=1S/C12H10O2S/c13-12(14)11-6-9-4-7-2-1-3-8(7)5-10(9)15-11/h4-6H,1-3H2,(H,13,14). The summed E-state index contributed by atoms with van der Waals surface area (Å²) < 4.78 is 1.10. The molecule has 15 heavy (non-hydrogen) atoms. The lowest BCUT2D eigenvalue weighted by molar-refractivity contribution is 0.0702. The van der Waals surface area contributed by atoms with Crippen molar-refractivity contribution < 1.29 is 9.90 Å². The summed E-state index contributed by atoms with van der Waals surface area (Å²) in [5, 5.41) is 9.99. The van der Waals surface area contributed by atoms with Crippen LogP contribution in [0, 0.1) is 0 Å². The van der Waals surface area contributed by atoms with E-state index in [1.807, 2.05) is 0 Å². The maximum absolute atomic E-state index is 10.8. The lowest BCUT2D eigenvalue weighted by Crippen LogP contribution is -1.89. The van der Waals surface area contributed by atoms with E-state index in [1.165, 1.54) is 28.9 Å². The smallest absolute Gasteiger partial charge is 0.345 e. The SMILES string of the molecule is O=C(O)c1cc2cc3c(cc2s1)CCC3. The lowest BCUT2D eigenvalue weighted by Gasteiger charge is -1.97. The summed E-state index contributed by atoms with van der Waals surface area (Å²) in [4.78, 5) is 11.3. The number of hydrogen-bond acceptors (Lipinski definition) is 2. The van der Waals surface area contributed by atoms with Crippen LogP contribution in [0.3, 0.4) is 0 Å². The molecule has 0 fully saturated rings. The fourth-order valence-corrected chi connectivity index (χ4v) is 3.16. The summed E-state index contributed by atoms with van der Waals surface area (Å²) in [7, 11) is 0. The van der Waals surface area contributed by atoms with E-state index in [-0.39, 0.29) is 0 Å². The average Bonchev–Trinajstić information content (AvgIpc) is 2.77. The number of carboxylic acids is 1. The summed E-state index contributed by atoms with van der Waals surface area (Å²) in [6.45, 7) is 0. The van der Waals surface area contributed by atoms with Crippen LogP contribution >= 0.6 is 11.3 Å². The first-order valence-corrected chi connectivity index (χ1v) is 5.84. The van der Waals surface area contributed by atoms with E-state index in [1.54, 1.807) is 6.07 Å². The fourth-order valence-electron chi connectivity index (χ4n) is 2.22. The van der Waals surface area contributed by atoms with Crippen molar-refractivity contribution in [1.29, 1.82) is 0 Å². The van der Waals surface area contributed by atoms with Crippen LogP contribution in [0.2, 0.25) is 0 Å². The zero-order chi connectivity index (χ0) is 10.4. The van der Waals surface area contributed by atoms with Gasteiger partial charge in [-0.15, -0.1) is 11.3 Å². The number of rotatable bonds is 1. The summed E-state index contributed by atoms with van der Waals surface area (Å²) in [6.07, 6.45) is 3.52. The summed E-state index contributed by atoms with van der Waals surface area (Å²) in [6, 6.07) is 6.09. The quantitative estimate of drug-likeness (QED) is 0.798. The highest BCUT2D eigenvalue weighted by molar-refractivity contribution is 7.20. The van der Waals surface area contributed by atoms with Gasteiger partial charge in [0.1, 0.15) is 4.88 Å². The molecule has 1 aliphatic rings. The molecule has 1 aliphatic carbocycles. The molecule has 0 bridgehead atoms. The van der Waals surface area contributed by atoms with Crippen molar-refractivity contribution in [2.24, 2.45) is 0 Å². The van der Waals surface area contributed by atoms with E-state index < -0.39 is 5.97 Å². The van der Waals surface area contributed by atoms with Crippen LogP contribution in [0.25, 0.3) is 10.1 Å². The Hall–Kier alpha value is -1.35. The Morgan fingerprint density at radius 3 is 2.67 bits per heavy atom. The van der Waals surface area contributed by atoms with E-state index in [2.05, 4.69) is 12.1 Å². The van der Waals surface area contributed by atoms with Crippen LogP contribution in [-0.2, 0) is 12.8 Å². The third kappa shape index (κ3) is 1.35. The molecule has 0 spiro atoms. The van der Waals surface area contributed by atoms with Gasteiger partial charge in [0.15, 0.2) is 0 Å². The Kier molecular flexibility index (Phi) is 1.83. The van der Waals surface area contributed by atoms with E-state index >= 15 is 0 Å². The van der Waals surface area contributed by atoms with Crippen LogP contribution < -0.4 is 0 Å². The minimum atomic E-state index is -0.823. The zero-order valence-electron chi connectivity index (χ0n) is 8.12. The van der Waals surface area contributed by atoms with E-state index in [4.69, 9.17) is 5.11 Å². The van der Waals surface area contributed by atoms with E-state index in [9.17, 15) is 4.79 Å². The number of carbonyl (C=O) groups is 1. The summed E-state index contributed by atoms with van der Waals surface area (Å²) >= 11 is 1.37. The Morgan fingerprint density at radius 1 is 1.20 bits per heavy atom. The summed E-state index contributed by atoms with van der Waals surface area (Å²) in [5.74, 6) is -0.823. The minimum absolute atomic E-state index is 0.439. The first kappa shape index (κ1) is 8.92. The molecular formula is C12H10O2S. The number of aromatic carboxylic acids is 1. The number of benzene rings is 1. The highest BCUT2D eigenvalue weighted by atomic mass is 32.1. The second kappa shape index (κ2) is 3.07. The third-order valence-corrected chi connectivity index (χ3v) is 4.03. The highest BCUT2D eigenvalue weighted by Crippen LogP contribution is 2.32. The molecule has 76 valence electrons. The maximum atomic E-state index is 10.8. The molecule has 0 atom stereocenters. The van der Waals surface area contributed by atoms with Gasteiger partial charge in [0.2, 0.25) is 0 Å². The van der Waals surface area contributed by atoms with Gasteiger partial charge in [0.05, 0.1) is 0 Å². The van der Waals surface area contributed by atoms with Crippen molar-refractivity contribution in [2.75, 3.05) is 0 Å². The molecule has 0 amide bonds. The lowest BCUT2D eigenvalue weighted by atomic mass is 10.1. The molecule has 1 N–H and O–H groups in total. The molecule has 1 heterocycles. The molecular weight excluding hydrogens is 208 g/mol. The number of aryl methyl sites for hydroxylation is 2. The van der Waals surface area contributed by atoms with Gasteiger partial charge in [-0.25, -0.2) is 4.79 Å². The molecule has 0 radical (unpaired) electrons. The molecule has 3 heteroatoms. The van der Waals surface area contributed by atoms with Crippen molar-refractivity contribution >= 4 is 27.4 Å². The van der Waals surface area contributed by atoms with Gasteiger partial charge in [0.25, 0.3) is 0 Å². The Labute approximate surface area is 91.2 Å². The van der Waals surface area contributed by atoms with Crippen molar-refractivity contribution in [3.63, 3.8) is 0 Å². The normalized spacial score (nSPS) is 14.4. The number of carboxylic acid groups (broad SMARTS) is 1. The topological polar surface area (TPSA) is 37.3 Å². The Balaban J connectivity index is 2.24. The number of hydrogen-bond donors (Lipinski definition) is 1. The molecule has 1 aromatic carbocycles. The van der Waals surface area contributed by atoms with Crippen LogP contribution in [0.4, 0.5) is 0 Å². The Bertz CT molecular complexity index is 513. The molecule has 2 nitrogen and oxygen atoms in total. The van der Waals surface area contributed by atoms with Crippen LogP contribution in [0.5, 0.6) is 0 Å². The first-order chi connectivity index (χ1) is 7.24. The minimum Gasteiger partial charge on any atom is -0.477 e. The molecule has 3 rings (SSSR count). The molecule has 2 aromatic rings. The van der Waals surface area contributed by atoms with Gasteiger partial charge in [-0.1, -0.05) is 6.07 Å². The van der Waals surface area contributed by atoms with E-state index in [0.717, 1.165) is 22.9 Å². The first-order valence-electron chi connectivity index (χ1n) is 5.03. The van der Waals surface area contributed by atoms with Gasteiger partial charge in [-0.2, -0.15) is 0 Å². The van der Waals surface area contributed by atoms with Gasteiger partial charge >= 0.3 is 5.97 Å². The molecule has 0 aliphatic heterocycles. The van der Waals surface area contributed by atoms with Gasteiger partial charge < -0.3 is 5.11 Å². The predicted molar refractivity (Wildman–Crippen MR) is 60.8 cm³/mol. The number of thiophene rings is 1. The van der Waals surface area contributed by atoms with Gasteiger partial charge in [0, 0.05) is 4.70 Å². The maximum Gasteiger partial charge on any atom is 0.345 e. The largest absolute Gasteiger partial charge is 0.477 e. The van der Waals surface area contributed by atoms with E-state index in [0.29, 0.717) is 4.88 Å². The third-order valence-electron chi connectivity index (χ3n) is 2.94. The van der Waals surface area contributed by atoms with Gasteiger partial charge in [-0.3, -0.25) is 0 Å². The second-order valence-corrected chi connectivity index (χ2v) is 5.01. The molecule has 0 saturated carbocycles. The van der Waals surface area contributed by atoms with Crippen molar-refractivity contribution in [2.45, 2.75) is 19.3 Å². The molecule has 1 aromatic heterocycles. The van der Waals surface area contributed by atoms with Crippen molar-refractivity contribution in [3.8, 4) is 0 Å². The second-order valence-electron chi connectivity index (χ2n) is 3.93. The van der Waals surface area contributed by atoms with Crippen LogP contribution in [0.15, 0.2) is 18.2 Å². The fraction of sp³-hybridized carbons (Fsp3) is 0.250. The van der Waals surface area contributed by atoms with Gasteiger partial charge in [-0.05, 0) is 47.9 Å². The van der Waals surface area contributed by atoms with Crippen molar-refractivity contribution in [3.05, 3.63) is 34.2 Å². The summed E-state index contributed by atoms with van der Waals surface area (Å²) in [5.41, 5.74) is 2.80. The highest BCUT2D eigenvalue weighted by Gasteiger charge is 2.14. The van der Waals surface area contributed by atoms with Crippen LogP contribution in [-0.4, -0.2) is 11.1 Å². The predicted octanol–water partition coefficient (Wildman–Crippen LogP) is 3.09. The molecule has 0 saturated heterocycles. The van der Waals surface area contributed by atoms with Crippen molar-refractivity contribution in [1.82, 2.24) is 0 Å². The average molecular weight is 218 g/mol. The monoisotopic (exact) mass is 218 g/mol. The Morgan fingerprint density at radius 2 is 1.93 bits per heavy atom. The van der Waals surface area contributed by atoms with Crippen LogP contribution in [0.1, 0.15) is 27.2 Å². The molecule has 0 unspecified atom stereocenters. The number of fused-ring (bicyclic) bond motifs is 2. The zero-order valence-corrected chi connectivity index (χ0v) is 8.93.